The van der Waals surface area contributed by atoms with Crippen molar-refractivity contribution in [3.63, 3.8) is 0 Å². The van der Waals surface area contributed by atoms with Gasteiger partial charge in [0.1, 0.15) is 22.5 Å². The number of carbonyl (C=O) groups is 1. The number of oxazole rings is 1. The van der Waals surface area contributed by atoms with Crippen molar-refractivity contribution < 1.29 is 13.7 Å². The van der Waals surface area contributed by atoms with E-state index >= 15 is 0 Å². The van der Waals surface area contributed by atoms with E-state index in [1.165, 1.54) is 0 Å². The summed E-state index contributed by atoms with van der Waals surface area (Å²) in [5.74, 6) is 1.02. The molecule has 2 atom stereocenters. The molecule has 2 aliphatic rings. The highest BCUT2D eigenvalue weighted by Gasteiger charge is 2.46. The number of hydrogen-bond acceptors (Lipinski definition) is 6. The maximum atomic E-state index is 13.6. The van der Waals surface area contributed by atoms with Crippen molar-refractivity contribution in [3.05, 3.63) is 64.4 Å². The predicted octanol–water partition coefficient (Wildman–Crippen LogP) is 5.10. The molecule has 4 aromatic rings. The second kappa shape index (κ2) is 7.63. The van der Waals surface area contributed by atoms with Crippen LogP contribution in [0.15, 0.2) is 51.4 Å². The molecule has 33 heavy (non-hydrogen) atoms. The molecule has 6 rings (SSSR count). The fourth-order valence-corrected chi connectivity index (χ4v) is 5.15. The number of anilines is 1. The van der Waals surface area contributed by atoms with E-state index in [0.717, 1.165) is 36.2 Å². The second-order valence-corrected chi connectivity index (χ2v) is 9.40. The molecule has 1 amide bonds. The number of halogens is 1. The largest absolute Gasteiger partial charge is 0.423 e. The molecule has 168 valence electrons. The van der Waals surface area contributed by atoms with Gasteiger partial charge >= 0.3 is 0 Å². The van der Waals surface area contributed by atoms with Gasteiger partial charge in [-0.25, -0.2) is 0 Å². The smallest absolute Gasteiger partial charge is 0.298 e. The SMILES string of the molecule is Cc1cccc(-c2noc(C)c2C(=O)N2CC[C@H]3CN(c4nc5cc(Cl)ccc5o4)[C@H]3C2)c1. The van der Waals surface area contributed by atoms with Crippen LogP contribution >= 0.6 is 11.6 Å². The van der Waals surface area contributed by atoms with Gasteiger partial charge in [0.25, 0.3) is 11.9 Å². The Hall–Kier alpha value is -3.32. The van der Waals surface area contributed by atoms with Crippen LogP contribution in [-0.2, 0) is 0 Å². The number of carbonyl (C=O) groups excluding carboxylic acids is 1. The Bertz CT molecular complexity index is 1380. The quantitative estimate of drug-likeness (QED) is 0.421. The van der Waals surface area contributed by atoms with Crippen LogP contribution in [-0.4, -0.2) is 46.6 Å². The Balaban J connectivity index is 1.26. The van der Waals surface area contributed by atoms with Crippen LogP contribution in [0.4, 0.5) is 6.01 Å². The molecule has 2 aromatic heterocycles. The molecule has 7 nitrogen and oxygen atoms in total. The highest BCUT2D eigenvalue weighted by Crippen LogP contribution is 2.38. The summed E-state index contributed by atoms with van der Waals surface area (Å²) in [6.07, 6.45) is 0.947. The lowest BCUT2D eigenvalue weighted by Gasteiger charge is -2.52. The number of rotatable bonds is 3. The van der Waals surface area contributed by atoms with Gasteiger partial charge in [-0.3, -0.25) is 4.79 Å². The van der Waals surface area contributed by atoms with Crippen molar-refractivity contribution in [2.24, 2.45) is 5.92 Å². The minimum absolute atomic E-state index is 0.0418. The first-order chi connectivity index (χ1) is 16.0. The Kier molecular flexibility index (Phi) is 4.69. The predicted molar refractivity (Wildman–Crippen MR) is 126 cm³/mol. The molecule has 0 unspecified atom stereocenters. The fourth-order valence-electron chi connectivity index (χ4n) is 4.98. The molecular weight excluding hydrogens is 440 g/mol. The number of hydrogen-bond donors (Lipinski definition) is 0. The van der Waals surface area contributed by atoms with Crippen LogP contribution in [0.25, 0.3) is 22.4 Å². The number of nitrogens with zero attached hydrogens (tertiary/aromatic N) is 4. The van der Waals surface area contributed by atoms with E-state index in [2.05, 4.69) is 15.0 Å². The molecule has 2 aliphatic heterocycles. The monoisotopic (exact) mass is 462 g/mol. The van der Waals surface area contributed by atoms with Gasteiger partial charge in [-0.05, 0) is 44.5 Å². The van der Waals surface area contributed by atoms with Crippen LogP contribution in [0.5, 0.6) is 0 Å². The van der Waals surface area contributed by atoms with Gasteiger partial charge in [0.15, 0.2) is 5.58 Å². The van der Waals surface area contributed by atoms with Crippen molar-refractivity contribution in [1.29, 1.82) is 0 Å². The number of fused-ring (bicyclic) bond motifs is 2. The summed E-state index contributed by atoms with van der Waals surface area (Å²) in [6, 6.07) is 14.2. The fraction of sp³-hybridized carbons (Fsp3) is 0.320. The van der Waals surface area contributed by atoms with Crippen LogP contribution < -0.4 is 4.90 Å². The van der Waals surface area contributed by atoms with Crippen LogP contribution in [0.2, 0.25) is 5.02 Å². The Labute approximate surface area is 195 Å². The minimum Gasteiger partial charge on any atom is -0.423 e. The topological polar surface area (TPSA) is 75.6 Å². The second-order valence-electron chi connectivity index (χ2n) is 8.96. The van der Waals surface area contributed by atoms with Crippen molar-refractivity contribution in [3.8, 4) is 11.3 Å². The summed E-state index contributed by atoms with van der Waals surface area (Å²) < 4.78 is 11.4. The van der Waals surface area contributed by atoms with Gasteiger partial charge in [-0.15, -0.1) is 0 Å². The first-order valence-electron chi connectivity index (χ1n) is 11.1. The van der Waals surface area contributed by atoms with Crippen LogP contribution in [0.1, 0.15) is 28.1 Å². The van der Waals surface area contributed by atoms with E-state index in [0.29, 0.717) is 46.1 Å². The zero-order valence-corrected chi connectivity index (χ0v) is 19.2. The maximum absolute atomic E-state index is 13.6. The summed E-state index contributed by atoms with van der Waals surface area (Å²) in [5, 5.41) is 4.85. The summed E-state index contributed by atoms with van der Waals surface area (Å²) in [7, 11) is 0. The summed E-state index contributed by atoms with van der Waals surface area (Å²) in [5.41, 5.74) is 4.60. The Morgan fingerprint density at radius 1 is 1.15 bits per heavy atom. The van der Waals surface area contributed by atoms with Crippen molar-refractivity contribution in [1.82, 2.24) is 15.0 Å². The van der Waals surface area contributed by atoms with Gasteiger partial charge < -0.3 is 18.7 Å². The molecule has 0 aliphatic carbocycles. The number of piperidine rings is 1. The summed E-state index contributed by atoms with van der Waals surface area (Å²) in [4.78, 5) is 22.3. The molecule has 0 spiro atoms. The first kappa shape index (κ1) is 20.3. The van der Waals surface area contributed by atoms with E-state index in [9.17, 15) is 4.79 Å². The van der Waals surface area contributed by atoms with E-state index in [1.54, 1.807) is 19.1 Å². The van der Waals surface area contributed by atoms with Crippen molar-refractivity contribution >= 4 is 34.6 Å². The maximum Gasteiger partial charge on any atom is 0.298 e. The van der Waals surface area contributed by atoms with Gasteiger partial charge in [0.2, 0.25) is 0 Å². The standard InChI is InChI=1S/C25H23ClN4O3/c1-14-4-3-5-16(10-14)23-22(15(2)33-28-23)24(31)29-9-8-17-12-30(20(17)13-29)25-27-19-11-18(26)6-7-21(19)32-25/h3-7,10-11,17,20H,8-9,12-13H2,1-2H3/t17-,20-/m0/s1. The molecule has 0 radical (unpaired) electrons. The van der Waals surface area contributed by atoms with Crippen molar-refractivity contribution in [2.75, 3.05) is 24.5 Å². The van der Waals surface area contributed by atoms with Gasteiger partial charge in [0.05, 0.1) is 6.04 Å². The normalized spacial score (nSPS) is 20.1. The highest BCUT2D eigenvalue weighted by molar-refractivity contribution is 6.31. The van der Waals surface area contributed by atoms with Crippen LogP contribution in [0.3, 0.4) is 0 Å². The molecule has 8 heteroatoms. The summed E-state index contributed by atoms with van der Waals surface area (Å²) in [6.45, 7) is 6.03. The third-order valence-corrected chi connectivity index (χ3v) is 7.03. The molecule has 2 saturated heterocycles. The van der Waals surface area contributed by atoms with Gasteiger partial charge in [-0.1, -0.05) is 40.5 Å². The molecule has 2 aromatic carbocycles. The molecule has 0 bridgehead atoms. The lowest BCUT2D eigenvalue weighted by Crippen LogP contribution is -2.65. The van der Waals surface area contributed by atoms with Gasteiger partial charge in [0, 0.05) is 36.1 Å². The molecule has 0 saturated carbocycles. The third kappa shape index (κ3) is 3.38. The highest BCUT2D eigenvalue weighted by atomic mass is 35.5. The molecule has 2 fully saturated rings. The summed E-state index contributed by atoms with van der Waals surface area (Å²) >= 11 is 6.10. The number of aromatic nitrogens is 2. The van der Waals surface area contributed by atoms with Crippen molar-refractivity contribution in [2.45, 2.75) is 26.3 Å². The molecular formula is C25H23ClN4O3. The number of amides is 1. The van der Waals surface area contributed by atoms with E-state index in [-0.39, 0.29) is 11.9 Å². The number of likely N-dealkylation sites (tertiary alicyclic amines) is 1. The molecule has 4 heterocycles. The first-order valence-corrected chi connectivity index (χ1v) is 11.5. The lowest BCUT2D eigenvalue weighted by molar-refractivity contribution is 0.0582. The number of aryl methyl sites for hydroxylation is 2. The van der Waals surface area contributed by atoms with E-state index < -0.39 is 0 Å². The van der Waals surface area contributed by atoms with Crippen LogP contribution in [0, 0.1) is 19.8 Å². The average Bonchev–Trinajstić information content (AvgIpc) is 3.37. The zero-order valence-electron chi connectivity index (χ0n) is 18.4. The average molecular weight is 463 g/mol. The van der Waals surface area contributed by atoms with Gasteiger partial charge in [-0.2, -0.15) is 4.98 Å². The molecule has 0 N–H and O–H groups in total. The third-order valence-electron chi connectivity index (χ3n) is 6.79. The lowest BCUT2D eigenvalue weighted by atomic mass is 9.82. The number of benzene rings is 2. The Morgan fingerprint density at radius 3 is 2.88 bits per heavy atom. The Morgan fingerprint density at radius 2 is 2.03 bits per heavy atom. The van der Waals surface area contributed by atoms with E-state index in [4.69, 9.17) is 20.5 Å². The zero-order chi connectivity index (χ0) is 22.7. The minimum atomic E-state index is -0.0418. The van der Waals surface area contributed by atoms with E-state index in [1.807, 2.05) is 42.2 Å².